The van der Waals surface area contributed by atoms with Crippen molar-refractivity contribution in [3.63, 3.8) is 0 Å². The Morgan fingerprint density at radius 2 is 1.10 bits per heavy atom. The number of halogens is 2. The molecule has 4 N–H and O–H groups in total. The molecule has 0 amide bonds. The molecule has 0 bridgehead atoms. The number of carbonyl (C=O) groups excluding carboxylic acids is 3. The molecule has 360 valence electrons. The van der Waals surface area contributed by atoms with E-state index in [2.05, 4.69) is 20.6 Å². The Bertz CT molecular complexity index is 3450. The van der Waals surface area contributed by atoms with E-state index in [9.17, 15) is 24.6 Å². The van der Waals surface area contributed by atoms with Crippen molar-refractivity contribution in [1.82, 2.24) is 34.6 Å². The summed E-state index contributed by atoms with van der Waals surface area (Å²) >= 11 is 12.6. The Labute approximate surface area is 418 Å². The van der Waals surface area contributed by atoms with Crippen molar-refractivity contribution in [3.05, 3.63) is 131 Å². The van der Waals surface area contributed by atoms with Crippen LogP contribution in [0.25, 0.3) is 44.1 Å². The van der Waals surface area contributed by atoms with Gasteiger partial charge in [-0.25, -0.2) is 9.48 Å². The van der Waals surface area contributed by atoms with Crippen LogP contribution < -0.4 is 10.6 Å². The Kier molecular flexibility index (Phi) is 11.8. The summed E-state index contributed by atoms with van der Waals surface area (Å²) < 4.78 is 3.66. The molecule has 8 aromatic rings. The third-order valence-electron chi connectivity index (χ3n) is 13.5. The largest absolute Gasteiger partial charge is 0.506 e. The maximum Gasteiger partial charge on any atom is 0.330 e. The smallest absolute Gasteiger partial charge is 0.330 e. The Morgan fingerprint density at radius 3 is 1.58 bits per heavy atom. The predicted octanol–water partition coefficient (Wildman–Crippen LogP) is 12.2. The lowest BCUT2D eigenvalue weighted by molar-refractivity contribution is -0.232. The average molecular weight is 991 g/mol. The molecular weight excluding hydrogens is 942 g/mol. The molecule has 1 saturated heterocycles. The number of hydrogen-bond donors (Lipinski definition) is 4. The Hall–Kier alpha value is -7.33. The lowest BCUT2D eigenvalue weighted by Crippen LogP contribution is -2.43. The Morgan fingerprint density at radius 1 is 0.634 bits per heavy atom. The second kappa shape index (κ2) is 18.1. The number of anilines is 4. The number of aromatic hydroxyl groups is 2. The number of aromatic nitrogens is 6. The number of pyridine rings is 2. The highest BCUT2D eigenvalue weighted by atomic mass is 35.5. The first kappa shape index (κ1) is 46.1. The quantitative estimate of drug-likeness (QED) is 0.0799. The monoisotopic (exact) mass is 989 g/mol. The molecule has 3 fully saturated rings. The van der Waals surface area contributed by atoms with Crippen molar-refractivity contribution in [3.8, 4) is 33.8 Å². The molecule has 0 spiro atoms. The standard InChI is InChI=1S/C54H49Cl2N9O6/c1-54(2,3)53(70)71-65-17-16-37(63-27-35(23-59-63)61-49-38-18-31(33-10-14-46(66)42(55)20-33)8-12-44(38)57-25-40(49)51(68)29-4-5-29)22-48(65)64-28-36(24-60-64)62-50-39-19-32(34-11-15-47(67)43(56)21-34)9-13-45(39)58-26-41(50)52(69)30-6-7-30/h8-15,18-21,23-30,37,48,66-67H,4-7,16-17,22H2,1-3H3,(H,57,61)(H,58,62). The first-order valence-electron chi connectivity index (χ1n) is 23.7. The number of ketones is 2. The van der Waals surface area contributed by atoms with E-state index in [-0.39, 0.29) is 57.0 Å². The number of piperidine rings is 1. The highest BCUT2D eigenvalue weighted by Crippen LogP contribution is 2.43. The van der Waals surface area contributed by atoms with Gasteiger partial charge in [0, 0.05) is 54.2 Å². The number of fused-ring (bicyclic) bond motifs is 2. The summed E-state index contributed by atoms with van der Waals surface area (Å²) in [6.45, 7) is 5.81. The summed E-state index contributed by atoms with van der Waals surface area (Å²) in [6.07, 6.45) is 14.3. The molecule has 71 heavy (non-hydrogen) atoms. The van der Waals surface area contributed by atoms with Crippen molar-refractivity contribution in [2.45, 2.75) is 71.5 Å². The number of Topliss-reactive ketones (excluding diaryl/α,β-unsaturated/α-hetero) is 2. The minimum atomic E-state index is -0.771. The van der Waals surface area contributed by atoms with E-state index in [4.69, 9.17) is 38.2 Å². The lowest BCUT2D eigenvalue weighted by Gasteiger charge is -2.38. The van der Waals surface area contributed by atoms with Crippen LogP contribution in [0.2, 0.25) is 10.0 Å². The van der Waals surface area contributed by atoms with Gasteiger partial charge in [-0.15, -0.1) is 5.06 Å². The molecule has 4 aromatic carbocycles. The number of benzene rings is 4. The number of nitrogens with one attached hydrogen (secondary N) is 2. The maximum atomic E-state index is 13.8. The van der Waals surface area contributed by atoms with Crippen LogP contribution in [0.3, 0.4) is 0 Å². The summed E-state index contributed by atoms with van der Waals surface area (Å²) in [5.41, 5.74) is 7.31. The SMILES string of the molecule is CC(C)(C)C(=O)ON1CCC(n2cc(Nc3c(C(=O)C4CC4)cnc4ccc(-c5ccc(O)c(Cl)c5)cc34)cn2)CC1n1cc(Nc2c(C(=O)C3CC3)cnc3ccc(-c4ccc(O)c(Cl)c4)cc23)cn1. The van der Waals surface area contributed by atoms with Crippen LogP contribution in [0.4, 0.5) is 22.7 Å². The number of phenols is 2. The van der Waals surface area contributed by atoms with Gasteiger partial charge in [0.05, 0.1) is 85.0 Å². The zero-order valence-electron chi connectivity index (χ0n) is 39.1. The highest BCUT2D eigenvalue weighted by Gasteiger charge is 2.38. The van der Waals surface area contributed by atoms with Crippen LogP contribution in [-0.2, 0) is 9.63 Å². The fourth-order valence-electron chi connectivity index (χ4n) is 9.08. The van der Waals surface area contributed by atoms with Crippen LogP contribution in [0.5, 0.6) is 11.5 Å². The van der Waals surface area contributed by atoms with Crippen molar-refractivity contribution >= 4 is 85.3 Å². The zero-order valence-corrected chi connectivity index (χ0v) is 40.6. The van der Waals surface area contributed by atoms with Crippen LogP contribution in [0.15, 0.2) is 110 Å². The zero-order chi connectivity index (χ0) is 49.3. The van der Waals surface area contributed by atoms with Crippen molar-refractivity contribution in [2.24, 2.45) is 17.3 Å². The number of phenolic OH excluding ortho intramolecular Hbond substituents is 2. The number of rotatable bonds is 13. The number of carbonyl (C=O) groups is 3. The third kappa shape index (κ3) is 9.28. The molecule has 1 aliphatic heterocycles. The normalized spacial score (nSPS) is 17.4. The average Bonchev–Trinajstić information content (AvgIpc) is 4.30. The van der Waals surface area contributed by atoms with Gasteiger partial charge >= 0.3 is 5.97 Å². The first-order valence-corrected chi connectivity index (χ1v) is 24.4. The summed E-state index contributed by atoms with van der Waals surface area (Å²) in [4.78, 5) is 56.6. The number of hydrogen-bond acceptors (Lipinski definition) is 13. The first-order chi connectivity index (χ1) is 34.1. The third-order valence-corrected chi connectivity index (χ3v) is 14.1. The Balaban J connectivity index is 0.907. The van der Waals surface area contributed by atoms with E-state index in [1.165, 1.54) is 0 Å². The van der Waals surface area contributed by atoms with Gasteiger partial charge in [-0.1, -0.05) is 47.5 Å². The van der Waals surface area contributed by atoms with Crippen LogP contribution in [-0.4, -0.2) is 68.9 Å². The molecule has 2 aliphatic carbocycles. The van der Waals surface area contributed by atoms with Crippen LogP contribution in [0, 0.1) is 17.3 Å². The van der Waals surface area contributed by atoms with Gasteiger partial charge in [-0.2, -0.15) is 10.2 Å². The van der Waals surface area contributed by atoms with Gasteiger partial charge < -0.3 is 25.7 Å². The lowest BCUT2D eigenvalue weighted by atomic mass is 9.97. The summed E-state index contributed by atoms with van der Waals surface area (Å²) in [6, 6.07) is 21.5. The second-order valence-corrected chi connectivity index (χ2v) is 20.6. The molecule has 0 radical (unpaired) electrons. The highest BCUT2D eigenvalue weighted by molar-refractivity contribution is 6.32. The van der Waals surface area contributed by atoms with Gasteiger partial charge in [-0.05, 0) is 124 Å². The van der Waals surface area contributed by atoms with E-state index >= 15 is 0 Å². The molecule has 2 unspecified atom stereocenters. The van der Waals surface area contributed by atoms with Crippen molar-refractivity contribution < 1.29 is 29.4 Å². The molecule has 4 aromatic heterocycles. The molecule has 2 saturated carbocycles. The van der Waals surface area contributed by atoms with Gasteiger partial charge in [0.25, 0.3) is 0 Å². The molecule has 5 heterocycles. The van der Waals surface area contributed by atoms with E-state index in [0.717, 1.165) is 58.7 Å². The van der Waals surface area contributed by atoms with E-state index in [1.807, 2.05) is 74.2 Å². The summed E-state index contributed by atoms with van der Waals surface area (Å²) in [7, 11) is 0. The molecule has 15 nitrogen and oxygen atoms in total. The molecule has 17 heteroatoms. The molecular formula is C54H49Cl2N9O6. The molecule has 3 aliphatic rings. The minimum absolute atomic E-state index is 0.00987. The van der Waals surface area contributed by atoms with Gasteiger partial charge in [-0.3, -0.25) is 24.2 Å². The van der Waals surface area contributed by atoms with Gasteiger partial charge in [0.2, 0.25) is 0 Å². The van der Waals surface area contributed by atoms with Crippen LogP contribution >= 0.6 is 23.2 Å². The fourth-order valence-corrected chi connectivity index (χ4v) is 9.44. The second-order valence-electron chi connectivity index (χ2n) is 19.8. The fraction of sp³-hybridized carbons (Fsp3) is 0.278. The minimum Gasteiger partial charge on any atom is -0.506 e. The predicted molar refractivity (Wildman–Crippen MR) is 272 cm³/mol. The molecule has 11 rings (SSSR count). The number of nitrogens with zero attached hydrogens (tertiary/aromatic N) is 7. The van der Waals surface area contributed by atoms with Gasteiger partial charge in [0.1, 0.15) is 17.7 Å². The molecule has 2 atom stereocenters. The number of hydroxylamine groups is 2. The van der Waals surface area contributed by atoms with Gasteiger partial charge in [0.15, 0.2) is 11.6 Å². The summed E-state index contributed by atoms with van der Waals surface area (Å²) in [5, 5.41) is 40.5. The topological polar surface area (TPSA) is 190 Å². The summed E-state index contributed by atoms with van der Waals surface area (Å²) in [5.74, 6) is -0.477. The van der Waals surface area contributed by atoms with E-state index in [1.54, 1.807) is 70.9 Å². The van der Waals surface area contributed by atoms with Crippen molar-refractivity contribution in [2.75, 3.05) is 17.2 Å². The van der Waals surface area contributed by atoms with Crippen molar-refractivity contribution in [1.29, 1.82) is 0 Å². The van der Waals surface area contributed by atoms with Crippen LogP contribution in [0.1, 0.15) is 92.2 Å². The van der Waals surface area contributed by atoms with E-state index in [0.29, 0.717) is 64.3 Å². The van der Waals surface area contributed by atoms with E-state index < -0.39 is 11.6 Å². The maximum absolute atomic E-state index is 13.8.